The van der Waals surface area contributed by atoms with Gasteiger partial charge in [0.05, 0.1) is 12.2 Å². The monoisotopic (exact) mass is 310 g/mol. The molecule has 9 heteroatoms. The van der Waals surface area contributed by atoms with Crippen molar-refractivity contribution in [2.75, 3.05) is 0 Å². The molecule has 1 unspecified atom stereocenters. The number of rotatable bonds is 4. The molecule has 0 bridgehead atoms. The van der Waals surface area contributed by atoms with Crippen molar-refractivity contribution in [3.63, 3.8) is 0 Å². The summed E-state index contributed by atoms with van der Waals surface area (Å²) >= 11 is 0. The summed E-state index contributed by atoms with van der Waals surface area (Å²) in [6, 6.07) is 0. The van der Waals surface area contributed by atoms with Crippen molar-refractivity contribution >= 4 is 5.97 Å². The second-order valence-electron chi connectivity index (χ2n) is 5.53. The highest BCUT2D eigenvalue weighted by molar-refractivity contribution is 5.88. The molecule has 1 heterocycles. The molecule has 21 heavy (non-hydrogen) atoms. The Hall–Kier alpha value is -1.67. The number of carboxylic acid groups (broad SMARTS) is 1. The summed E-state index contributed by atoms with van der Waals surface area (Å²) in [5.41, 5.74) is -2.66. The Morgan fingerprint density at radius 2 is 1.95 bits per heavy atom. The fourth-order valence-electron chi connectivity index (χ4n) is 2.43. The van der Waals surface area contributed by atoms with Crippen molar-refractivity contribution in [2.45, 2.75) is 43.8 Å². The van der Waals surface area contributed by atoms with E-state index in [4.69, 9.17) is 5.11 Å². The fraction of sp³-hybridized carbons (Fsp3) is 0.667. The molecule has 3 rings (SSSR count). The Morgan fingerprint density at radius 3 is 2.33 bits per heavy atom. The summed E-state index contributed by atoms with van der Waals surface area (Å²) in [7, 11) is 0. The third-order valence-corrected chi connectivity index (χ3v) is 3.78. The minimum Gasteiger partial charge on any atom is -0.477 e. The van der Waals surface area contributed by atoms with Crippen LogP contribution in [0.2, 0.25) is 0 Å². The Kier molecular flexibility index (Phi) is 2.84. The second-order valence-corrected chi connectivity index (χ2v) is 5.53. The van der Waals surface area contributed by atoms with Crippen molar-refractivity contribution in [2.24, 2.45) is 5.92 Å². The molecule has 1 N–H and O–H groups in total. The van der Waals surface area contributed by atoms with Gasteiger partial charge in [0.15, 0.2) is 5.69 Å². The number of halogens is 5. The first-order chi connectivity index (χ1) is 9.61. The SMILES string of the molecule is O=C(O)c1c(C(F)(F)F)c(C2CC2)nn1CC1CC1(F)F. The number of aromatic carboxylic acids is 1. The van der Waals surface area contributed by atoms with Crippen molar-refractivity contribution in [3.05, 3.63) is 17.0 Å². The summed E-state index contributed by atoms with van der Waals surface area (Å²) in [6.07, 6.45) is -4.32. The topological polar surface area (TPSA) is 55.1 Å². The molecule has 2 saturated carbocycles. The molecule has 0 radical (unpaired) electrons. The summed E-state index contributed by atoms with van der Waals surface area (Å²) in [5.74, 6) is -6.32. The van der Waals surface area contributed by atoms with Crippen LogP contribution in [0, 0.1) is 5.92 Å². The Balaban J connectivity index is 2.05. The van der Waals surface area contributed by atoms with E-state index in [1.54, 1.807) is 0 Å². The second kappa shape index (κ2) is 4.17. The molecule has 1 atom stereocenters. The average molecular weight is 310 g/mol. The molecule has 0 spiro atoms. The Morgan fingerprint density at radius 1 is 1.38 bits per heavy atom. The summed E-state index contributed by atoms with van der Waals surface area (Å²) < 4.78 is 65.8. The lowest BCUT2D eigenvalue weighted by Gasteiger charge is -2.08. The zero-order valence-corrected chi connectivity index (χ0v) is 10.6. The van der Waals surface area contributed by atoms with Gasteiger partial charge in [0.1, 0.15) is 5.56 Å². The first kappa shape index (κ1) is 14.3. The van der Waals surface area contributed by atoms with Crippen LogP contribution in [0.15, 0.2) is 0 Å². The largest absolute Gasteiger partial charge is 0.477 e. The van der Waals surface area contributed by atoms with Crippen molar-refractivity contribution in [1.29, 1.82) is 0 Å². The fourth-order valence-corrected chi connectivity index (χ4v) is 2.43. The number of hydrogen-bond donors (Lipinski definition) is 1. The molecule has 0 aliphatic heterocycles. The highest BCUT2D eigenvalue weighted by Gasteiger charge is 2.57. The van der Waals surface area contributed by atoms with E-state index in [0.29, 0.717) is 17.5 Å². The highest BCUT2D eigenvalue weighted by atomic mass is 19.4. The van der Waals surface area contributed by atoms with Gasteiger partial charge in [-0.15, -0.1) is 0 Å². The van der Waals surface area contributed by atoms with Crippen LogP contribution in [0.25, 0.3) is 0 Å². The Labute approximate surface area is 115 Å². The van der Waals surface area contributed by atoms with Gasteiger partial charge in [-0.25, -0.2) is 13.6 Å². The number of alkyl halides is 5. The third-order valence-electron chi connectivity index (χ3n) is 3.78. The smallest absolute Gasteiger partial charge is 0.420 e. The number of aromatic nitrogens is 2. The molecule has 0 amide bonds. The molecular formula is C12H11F5N2O2. The number of carboxylic acids is 1. The van der Waals surface area contributed by atoms with Gasteiger partial charge in [-0.1, -0.05) is 0 Å². The molecule has 4 nitrogen and oxygen atoms in total. The van der Waals surface area contributed by atoms with Gasteiger partial charge in [0, 0.05) is 18.3 Å². The molecule has 2 aliphatic rings. The predicted octanol–water partition coefficient (Wildman–Crippen LogP) is 3.13. The molecule has 116 valence electrons. The first-order valence-electron chi connectivity index (χ1n) is 6.40. The lowest BCUT2D eigenvalue weighted by atomic mass is 10.1. The summed E-state index contributed by atoms with van der Waals surface area (Å²) in [4.78, 5) is 11.2. The first-order valence-corrected chi connectivity index (χ1v) is 6.40. The Bertz CT molecular complexity index is 604. The molecule has 2 fully saturated rings. The van der Waals surface area contributed by atoms with E-state index in [1.807, 2.05) is 0 Å². The van der Waals surface area contributed by atoms with Gasteiger partial charge < -0.3 is 5.11 Å². The van der Waals surface area contributed by atoms with Gasteiger partial charge >= 0.3 is 12.1 Å². The van der Waals surface area contributed by atoms with Crippen LogP contribution >= 0.6 is 0 Å². The zero-order valence-electron chi connectivity index (χ0n) is 10.6. The quantitative estimate of drug-likeness (QED) is 0.869. The molecule has 2 aliphatic carbocycles. The van der Waals surface area contributed by atoms with Gasteiger partial charge in [0.25, 0.3) is 5.92 Å². The van der Waals surface area contributed by atoms with Crippen molar-refractivity contribution in [3.8, 4) is 0 Å². The van der Waals surface area contributed by atoms with E-state index in [2.05, 4.69) is 5.10 Å². The maximum Gasteiger partial charge on any atom is 0.420 e. The van der Waals surface area contributed by atoms with Crippen LogP contribution in [0.5, 0.6) is 0 Å². The molecule has 0 saturated heterocycles. The van der Waals surface area contributed by atoms with Crippen molar-refractivity contribution in [1.82, 2.24) is 9.78 Å². The molecule has 1 aromatic heterocycles. The standard InChI is InChI=1S/C12H11F5N2O2/c13-11(14)3-6(11)4-19-9(10(20)21)7(12(15,16)17)8(18-19)5-1-2-5/h5-6H,1-4H2,(H,20,21). The minimum atomic E-state index is -4.87. The molecule has 0 aromatic carbocycles. The summed E-state index contributed by atoms with van der Waals surface area (Å²) in [6.45, 7) is -0.509. The third kappa shape index (κ3) is 2.49. The van der Waals surface area contributed by atoms with Gasteiger partial charge in [-0.3, -0.25) is 4.68 Å². The lowest BCUT2D eigenvalue weighted by molar-refractivity contribution is -0.138. The predicted molar refractivity (Wildman–Crippen MR) is 59.2 cm³/mol. The van der Waals surface area contributed by atoms with Gasteiger partial charge in [-0.2, -0.15) is 18.3 Å². The van der Waals surface area contributed by atoms with E-state index in [-0.39, 0.29) is 5.69 Å². The zero-order chi connectivity index (χ0) is 15.6. The maximum atomic E-state index is 13.1. The van der Waals surface area contributed by atoms with E-state index >= 15 is 0 Å². The van der Waals surface area contributed by atoms with Crippen LogP contribution in [-0.4, -0.2) is 26.8 Å². The van der Waals surface area contributed by atoms with Crippen LogP contribution in [0.3, 0.4) is 0 Å². The lowest BCUT2D eigenvalue weighted by Crippen LogP contribution is -2.18. The van der Waals surface area contributed by atoms with Crippen molar-refractivity contribution < 1.29 is 31.9 Å². The van der Waals surface area contributed by atoms with Gasteiger partial charge in [-0.05, 0) is 12.8 Å². The van der Waals surface area contributed by atoms with Crippen LogP contribution < -0.4 is 0 Å². The normalized spacial score (nSPS) is 24.1. The van der Waals surface area contributed by atoms with Gasteiger partial charge in [0.2, 0.25) is 0 Å². The number of hydrogen-bond acceptors (Lipinski definition) is 2. The number of carbonyl (C=O) groups is 1. The van der Waals surface area contributed by atoms with Crippen LogP contribution in [0.4, 0.5) is 22.0 Å². The van der Waals surface area contributed by atoms with Crippen LogP contribution in [-0.2, 0) is 12.7 Å². The minimum absolute atomic E-state index is 0.330. The van der Waals surface area contributed by atoms with E-state index in [1.165, 1.54) is 0 Å². The van der Waals surface area contributed by atoms with E-state index in [9.17, 15) is 26.7 Å². The summed E-state index contributed by atoms with van der Waals surface area (Å²) in [5, 5.41) is 12.7. The number of nitrogens with zero attached hydrogens (tertiary/aromatic N) is 2. The van der Waals surface area contributed by atoms with E-state index < -0.39 is 54.1 Å². The average Bonchev–Trinajstić information content (AvgIpc) is 3.19. The maximum absolute atomic E-state index is 13.1. The molecular weight excluding hydrogens is 299 g/mol. The molecule has 1 aromatic rings. The van der Waals surface area contributed by atoms with E-state index in [0.717, 1.165) is 0 Å². The highest BCUT2D eigenvalue weighted by Crippen LogP contribution is 2.51. The van der Waals surface area contributed by atoms with Crippen LogP contribution in [0.1, 0.15) is 46.9 Å².